The third-order valence-corrected chi connectivity index (χ3v) is 5.39. The number of para-hydroxylation sites is 1. The summed E-state index contributed by atoms with van der Waals surface area (Å²) >= 11 is 0. The number of methoxy groups -OCH3 is 1. The first kappa shape index (κ1) is 21.6. The minimum Gasteiger partial charge on any atom is -0.494 e. The SMILES string of the molecule is CCNC(=O)c1cnc(NC(=O)C2CC2)cc1Nc1cccc(C2=CN(C)NC2)c1OC. The molecule has 32 heavy (non-hydrogen) atoms. The van der Waals surface area contributed by atoms with Gasteiger partial charge in [-0.05, 0) is 31.4 Å². The lowest BCUT2D eigenvalue weighted by molar-refractivity contribution is -0.117. The Morgan fingerprint density at radius 1 is 1.28 bits per heavy atom. The number of ether oxygens (including phenoxy) is 1. The summed E-state index contributed by atoms with van der Waals surface area (Å²) in [5, 5.41) is 10.9. The monoisotopic (exact) mass is 436 g/mol. The van der Waals surface area contributed by atoms with E-state index in [1.165, 1.54) is 6.20 Å². The van der Waals surface area contributed by atoms with Gasteiger partial charge in [0.1, 0.15) is 11.6 Å². The zero-order chi connectivity index (χ0) is 22.7. The third-order valence-electron chi connectivity index (χ3n) is 5.39. The number of anilines is 3. The van der Waals surface area contributed by atoms with Crippen LogP contribution in [0, 0.1) is 5.92 Å². The lowest BCUT2D eigenvalue weighted by atomic mass is 10.0. The molecule has 2 aliphatic rings. The van der Waals surface area contributed by atoms with Crippen LogP contribution in [0.1, 0.15) is 35.7 Å². The van der Waals surface area contributed by atoms with Crippen molar-refractivity contribution in [3.05, 3.63) is 47.8 Å². The number of hydrazine groups is 1. The largest absolute Gasteiger partial charge is 0.494 e. The molecule has 168 valence electrons. The molecule has 2 heterocycles. The van der Waals surface area contributed by atoms with Crippen molar-refractivity contribution < 1.29 is 14.3 Å². The highest BCUT2D eigenvalue weighted by molar-refractivity contribution is 6.01. The van der Waals surface area contributed by atoms with Gasteiger partial charge in [-0.15, -0.1) is 0 Å². The zero-order valence-corrected chi connectivity index (χ0v) is 18.5. The Hall–Kier alpha value is -3.59. The first-order chi connectivity index (χ1) is 15.5. The van der Waals surface area contributed by atoms with Crippen LogP contribution in [0.4, 0.5) is 17.2 Å². The summed E-state index contributed by atoms with van der Waals surface area (Å²) in [6, 6.07) is 7.50. The van der Waals surface area contributed by atoms with E-state index in [1.54, 1.807) is 13.2 Å². The Morgan fingerprint density at radius 2 is 2.09 bits per heavy atom. The van der Waals surface area contributed by atoms with Crippen LogP contribution in [0.2, 0.25) is 0 Å². The van der Waals surface area contributed by atoms with Crippen molar-refractivity contribution in [3.8, 4) is 5.75 Å². The van der Waals surface area contributed by atoms with E-state index in [1.807, 2.05) is 43.4 Å². The number of carbonyl (C=O) groups is 2. The molecule has 1 fully saturated rings. The number of nitrogens with one attached hydrogen (secondary N) is 4. The quantitative estimate of drug-likeness (QED) is 0.504. The van der Waals surface area contributed by atoms with Crippen LogP contribution in [-0.2, 0) is 4.79 Å². The molecule has 1 aliphatic heterocycles. The van der Waals surface area contributed by atoms with Gasteiger partial charge in [0.2, 0.25) is 5.91 Å². The highest BCUT2D eigenvalue weighted by atomic mass is 16.5. The predicted molar refractivity (Wildman–Crippen MR) is 124 cm³/mol. The van der Waals surface area contributed by atoms with Crippen LogP contribution in [-0.4, -0.2) is 49.1 Å². The molecule has 0 spiro atoms. The molecular formula is C23H28N6O3. The number of rotatable bonds is 8. The maximum atomic E-state index is 12.6. The number of hydrogen-bond donors (Lipinski definition) is 4. The van der Waals surface area contributed by atoms with Crippen LogP contribution in [0.15, 0.2) is 36.7 Å². The van der Waals surface area contributed by atoms with E-state index in [0.29, 0.717) is 41.6 Å². The average molecular weight is 437 g/mol. The average Bonchev–Trinajstić information content (AvgIpc) is 3.55. The second-order valence-electron chi connectivity index (χ2n) is 7.85. The van der Waals surface area contributed by atoms with Gasteiger partial charge >= 0.3 is 0 Å². The first-order valence-corrected chi connectivity index (χ1v) is 10.7. The van der Waals surface area contributed by atoms with Gasteiger partial charge in [0.25, 0.3) is 5.91 Å². The Bertz CT molecular complexity index is 1060. The highest BCUT2D eigenvalue weighted by Gasteiger charge is 2.30. The van der Waals surface area contributed by atoms with Gasteiger partial charge in [0.05, 0.1) is 24.0 Å². The molecule has 1 aromatic carbocycles. The van der Waals surface area contributed by atoms with Gasteiger partial charge in [-0.3, -0.25) is 9.59 Å². The summed E-state index contributed by atoms with van der Waals surface area (Å²) in [5.74, 6) is 0.829. The number of amides is 2. The van der Waals surface area contributed by atoms with Crippen molar-refractivity contribution in [1.29, 1.82) is 0 Å². The predicted octanol–water partition coefficient (Wildman–Crippen LogP) is 2.72. The Morgan fingerprint density at radius 3 is 2.75 bits per heavy atom. The molecule has 0 atom stereocenters. The van der Waals surface area contributed by atoms with Gasteiger partial charge in [-0.2, -0.15) is 0 Å². The van der Waals surface area contributed by atoms with E-state index in [2.05, 4.69) is 26.4 Å². The van der Waals surface area contributed by atoms with Crippen molar-refractivity contribution in [1.82, 2.24) is 20.7 Å². The van der Waals surface area contributed by atoms with E-state index in [0.717, 1.165) is 24.0 Å². The van der Waals surface area contributed by atoms with Crippen LogP contribution < -0.4 is 26.1 Å². The fraction of sp³-hybridized carbons (Fsp3) is 0.348. The third kappa shape index (κ3) is 4.67. The number of benzene rings is 1. The fourth-order valence-corrected chi connectivity index (χ4v) is 3.59. The topological polar surface area (TPSA) is 108 Å². The summed E-state index contributed by atoms with van der Waals surface area (Å²) in [6.45, 7) is 3.04. The van der Waals surface area contributed by atoms with Crippen molar-refractivity contribution in [2.24, 2.45) is 5.92 Å². The Labute approximate surface area is 187 Å². The zero-order valence-electron chi connectivity index (χ0n) is 18.5. The highest BCUT2D eigenvalue weighted by Crippen LogP contribution is 2.37. The second-order valence-corrected chi connectivity index (χ2v) is 7.85. The van der Waals surface area contributed by atoms with Crippen LogP contribution >= 0.6 is 0 Å². The molecule has 4 N–H and O–H groups in total. The molecule has 9 nitrogen and oxygen atoms in total. The maximum absolute atomic E-state index is 12.6. The fourth-order valence-electron chi connectivity index (χ4n) is 3.59. The van der Waals surface area contributed by atoms with Crippen molar-refractivity contribution in [2.45, 2.75) is 19.8 Å². The van der Waals surface area contributed by atoms with Gasteiger partial charge in [0.15, 0.2) is 0 Å². The Kier molecular flexibility index (Phi) is 6.27. The maximum Gasteiger partial charge on any atom is 0.254 e. The number of pyridine rings is 1. The minimum absolute atomic E-state index is 0.0430. The molecule has 9 heteroatoms. The van der Waals surface area contributed by atoms with E-state index in [9.17, 15) is 9.59 Å². The molecule has 4 rings (SSSR count). The van der Waals surface area contributed by atoms with Crippen LogP contribution in [0.3, 0.4) is 0 Å². The molecule has 1 aromatic heterocycles. The van der Waals surface area contributed by atoms with Gasteiger partial charge in [-0.1, -0.05) is 12.1 Å². The van der Waals surface area contributed by atoms with E-state index < -0.39 is 0 Å². The van der Waals surface area contributed by atoms with Crippen molar-refractivity contribution in [3.63, 3.8) is 0 Å². The lowest BCUT2D eigenvalue weighted by Gasteiger charge is -2.18. The van der Waals surface area contributed by atoms with Gasteiger partial charge in [0, 0.05) is 50.1 Å². The second kappa shape index (κ2) is 9.27. The molecule has 1 aliphatic carbocycles. The number of nitrogens with zero attached hydrogens (tertiary/aromatic N) is 2. The van der Waals surface area contributed by atoms with Crippen molar-refractivity contribution in [2.75, 3.05) is 37.9 Å². The normalized spacial score (nSPS) is 15.2. The summed E-state index contributed by atoms with van der Waals surface area (Å²) in [5.41, 5.74) is 6.88. The molecule has 0 unspecified atom stereocenters. The molecular weight excluding hydrogens is 408 g/mol. The summed E-state index contributed by atoms with van der Waals surface area (Å²) in [4.78, 5) is 29.1. The summed E-state index contributed by atoms with van der Waals surface area (Å²) < 4.78 is 5.74. The first-order valence-electron chi connectivity index (χ1n) is 10.7. The van der Waals surface area contributed by atoms with Crippen LogP contribution in [0.5, 0.6) is 5.75 Å². The molecule has 0 saturated heterocycles. The van der Waals surface area contributed by atoms with Crippen molar-refractivity contribution >= 4 is 34.6 Å². The summed E-state index contributed by atoms with van der Waals surface area (Å²) in [6.07, 6.45) is 5.29. The van der Waals surface area contributed by atoms with Crippen LogP contribution in [0.25, 0.3) is 5.57 Å². The molecule has 2 aromatic rings. The Balaban J connectivity index is 1.69. The van der Waals surface area contributed by atoms with E-state index in [4.69, 9.17) is 4.74 Å². The summed E-state index contributed by atoms with van der Waals surface area (Å²) in [7, 11) is 3.56. The molecule has 2 amide bonds. The molecule has 0 radical (unpaired) electrons. The lowest BCUT2D eigenvalue weighted by Crippen LogP contribution is -2.24. The minimum atomic E-state index is -0.248. The smallest absolute Gasteiger partial charge is 0.254 e. The van der Waals surface area contributed by atoms with Gasteiger partial charge in [-0.25, -0.2) is 10.4 Å². The standard InChI is InChI=1S/C23H28N6O3/c1-4-24-23(31)17-12-25-20(28-22(30)14-8-9-14)10-19(17)27-18-7-5-6-16(21(18)32-3)15-11-26-29(2)13-15/h5-7,10,12-14,26H,4,8-9,11H2,1-3H3,(H,24,31)(H2,25,27,28,30). The van der Waals surface area contributed by atoms with E-state index >= 15 is 0 Å². The van der Waals surface area contributed by atoms with Gasteiger partial charge < -0.3 is 25.7 Å². The number of carbonyl (C=O) groups excluding carboxylic acids is 2. The number of aromatic nitrogens is 1. The number of hydrogen-bond acceptors (Lipinski definition) is 7. The molecule has 1 saturated carbocycles. The van der Waals surface area contributed by atoms with E-state index in [-0.39, 0.29) is 17.7 Å². The molecule has 0 bridgehead atoms.